The summed E-state index contributed by atoms with van der Waals surface area (Å²) in [6.45, 7) is 4.40. The van der Waals surface area contributed by atoms with Crippen molar-refractivity contribution < 1.29 is 4.74 Å². The van der Waals surface area contributed by atoms with Crippen molar-refractivity contribution in [2.24, 2.45) is 4.99 Å². The molecular weight excluding hydrogens is 477 g/mol. The van der Waals surface area contributed by atoms with Crippen molar-refractivity contribution in [3.63, 3.8) is 0 Å². The number of aromatic amines is 1. The van der Waals surface area contributed by atoms with Gasteiger partial charge in [-0.05, 0) is 31.5 Å². The predicted octanol–water partition coefficient (Wildman–Crippen LogP) is 4.22. The van der Waals surface area contributed by atoms with Gasteiger partial charge in [-0.3, -0.25) is 4.99 Å². The van der Waals surface area contributed by atoms with E-state index in [9.17, 15) is 0 Å². The Balaban J connectivity index is 0.00000300. The average Bonchev–Trinajstić information content (AvgIpc) is 3.13. The Morgan fingerprint density at radius 3 is 2.69 bits per heavy atom. The van der Waals surface area contributed by atoms with Gasteiger partial charge in [-0.2, -0.15) is 0 Å². The molecule has 1 aromatic heterocycles. The summed E-state index contributed by atoms with van der Waals surface area (Å²) in [5.41, 5.74) is 3.25. The Morgan fingerprint density at radius 2 is 1.93 bits per heavy atom. The molecule has 29 heavy (non-hydrogen) atoms. The van der Waals surface area contributed by atoms with E-state index in [2.05, 4.69) is 39.2 Å². The molecule has 0 aliphatic rings. The Bertz CT molecular complexity index is 891. The van der Waals surface area contributed by atoms with E-state index in [1.807, 2.05) is 43.4 Å². The number of aryl methyl sites for hydroxylation is 1. The van der Waals surface area contributed by atoms with Crippen LogP contribution in [-0.2, 0) is 13.0 Å². The molecule has 2 aromatic carbocycles. The highest BCUT2D eigenvalue weighted by atomic mass is 127. The molecule has 6 nitrogen and oxygen atoms in total. The van der Waals surface area contributed by atoms with E-state index < -0.39 is 0 Å². The van der Waals surface area contributed by atoms with Gasteiger partial charge in [0.15, 0.2) is 5.96 Å². The lowest BCUT2D eigenvalue weighted by atomic mass is 10.2. The highest BCUT2D eigenvalue weighted by Crippen LogP contribution is 2.18. The number of hydrogen-bond donors (Lipinski definition) is 2. The number of nitrogens with zero attached hydrogens (tertiary/aromatic N) is 3. The number of halogens is 1. The molecule has 0 atom stereocenters. The fourth-order valence-corrected chi connectivity index (χ4v) is 3.19. The van der Waals surface area contributed by atoms with Crippen molar-refractivity contribution in [3.05, 3.63) is 59.9 Å². The molecule has 0 spiro atoms. The van der Waals surface area contributed by atoms with Gasteiger partial charge in [0, 0.05) is 38.7 Å². The molecule has 156 valence electrons. The van der Waals surface area contributed by atoms with Crippen LogP contribution in [0.15, 0.2) is 53.5 Å². The van der Waals surface area contributed by atoms with Gasteiger partial charge in [0.2, 0.25) is 0 Å². The Morgan fingerprint density at radius 1 is 1.17 bits per heavy atom. The number of methoxy groups -OCH3 is 1. The molecule has 2 N–H and O–H groups in total. The predicted molar refractivity (Wildman–Crippen MR) is 130 cm³/mol. The quantitative estimate of drug-likeness (QED) is 0.208. The Labute approximate surface area is 189 Å². The van der Waals surface area contributed by atoms with E-state index in [4.69, 9.17) is 9.73 Å². The second-order valence-electron chi connectivity index (χ2n) is 6.71. The standard InChI is InChI=1S/C22H29N5O.HI/c1-4-23-22(27(2)16-17-10-5-8-13-20(17)28-3)24-15-9-14-21-25-18-11-6-7-12-19(18)26-21;/h5-8,10-13H,4,9,14-16H2,1-3H3,(H,23,24)(H,25,26);1H. The van der Waals surface area contributed by atoms with Crippen LogP contribution in [-0.4, -0.2) is 48.1 Å². The van der Waals surface area contributed by atoms with E-state index in [1.54, 1.807) is 7.11 Å². The van der Waals surface area contributed by atoms with Crippen LogP contribution < -0.4 is 10.1 Å². The number of rotatable bonds is 8. The zero-order chi connectivity index (χ0) is 19.8. The molecule has 3 aromatic rings. The molecule has 1 heterocycles. The minimum Gasteiger partial charge on any atom is -0.496 e. The lowest BCUT2D eigenvalue weighted by Crippen LogP contribution is -2.38. The molecule has 0 aliphatic carbocycles. The van der Waals surface area contributed by atoms with Gasteiger partial charge >= 0.3 is 0 Å². The zero-order valence-corrected chi connectivity index (χ0v) is 19.6. The van der Waals surface area contributed by atoms with Gasteiger partial charge in [0.25, 0.3) is 0 Å². The molecule has 7 heteroatoms. The van der Waals surface area contributed by atoms with E-state index in [0.29, 0.717) is 0 Å². The van der Waals surface area contributed by atoms with Gasteiger partial charge < -0.3 is 19.9 Å². The van der Waals surface area contributed by atoms with Crippen molar-refractivity contribution in [1.82, 2.24) is 20.2 Å². The van der Waals surface area contributed by atoms with Crippen molar-refractivity contribution >= 4 is 41.0 Å². The minimum atomic E-state index is 0. The zero-order valence-electron chi connectivity index (χ0n) is 17.3. The Kier molecular flexibility index (Phi) is 9.24. The smallest absolute Gasteiger partial charge is 0.193 e. The maximum Gasteiger partial charge on any atom is 0.193 e. The summed E-state index contributed by atoms with van der Waals surface area (Å²) >= 11 is 0. The van der Waals surface area contributed by atoms with Crippen LogP contribution in [0.4, 0.5) is 0 Å². The average molecular weight is 507 g/mol. The highest BCUT2D eigenvalue weighted by molar-refractivity contribution is 14.0. The number of benzene rings is 2. The molecule has 0 fully saturated rings. The molecule has 0 saturated heterocycles. The van der Waals surface area contributed by atoms with Gasteiger partial charge in [-0.15, -0.1) is 24.0 Å². The van der Waals surface area contributed by atoms with Gasteiger partial charge in [-0.25, -0.2) is 4.98 Å². The van der Waals surface area contributed by atoms with E-state index >= 15 is 0 Å². The number of aliphatic imine (C=N–C) groups is 1. The molecule has 0 saturated carbocycles. The van der Waals surface area contributed by atoms with Crippen LogP contribution in [0.2, 0.25) is 0 Å². The first-order valence-corrected chi connectivity index (χ1v) is 9.76. The first kappa shape index (κ1) is 23.0. The van der Waals surface area contributed by atoms with Gasteiger partial charge in [-0.1, -0.05) is 30.3 Å². The maximum absolute atomic E-state index is 5.46. The summed E-state index contributed by atoms with van der Waals surface area (Å²) in [6, 6.07) is 16.2. The summed E-state index contributed by atoms with van der Waals surface area (Å²) in [5, 5.41) is 3.37. The largest absolute Gasteiger partial charge is 0.496 e. The van der Waals surface area contributed by atoms with Crippen molar-refractivity contribution in [2.75, 3.05) is 27.2 Å². The number of hydrogen-bond acceptors (Lipinski definition) is 3. The lowest BCUT2D eigenvalue weighted by Gasteiger charge is -2.23. The third kappa shape index (κ3) is 6.35. The number of fused-ring (bicyclic) bond motifs is 1. The van der Waals surface area contributed by atoms with Crippen LogP contribution in [0, 0.1) is 0 Å². The summed E-state index contributed by atoms with van der Waals surface area (Å²) in [4.78, 5) is 14.9. The number of guanidine groups is 1. The summed E-state index contributed by atoms with van der Waals surface area (Å²) < 4.78 is 5.46. The number of ether oxygens (including phenoxy) is 1. The van der Waals surface area contributed by atoms with Crippen LogP contribution in [0.1, 0.15) is 24.7 Å². The van der Waals surface area contributed by atoms with Gasteiger partial charge in [0.05, 0.1) is 18.1 Å². The third-order valence-corrected chi connectivity index (χ3v) is 4.57. The minimum absolute atomic E-state index is 0. The maximum atomic E-state index is 5.46. The summed E-state index contributed by atoms with van der Waals surface area (Å²) in [7, 11) is 3.75. The number of aromatic nitrogens is 2. The molecule has 0 aliphatic heterocycles. The first-order chi connectivity index (χ1) is 13.7. The molecule has 0 bridgehead atoms. The number of nitrogens with one attached hydrogen (secondary N) is 2. The van der Waals surface area contributed by atoms with Crippen LogP contribution in [0.3, 0.4) is 0 Å². The molecule has 0 radical (unpaired) electrons. The normalized spacial score (nSPS) is 11.2. The summed E-state index contributed by atoms with van der Waals surface area (Å²) in [6.07, 6.45) is 1.82. The van der Waals surface area contributed by atoms with E-state index in [0.717, 1.165) is 66.6 Å². The second-order valence-corrected chi connectivity index (χ2v) is 6.71. The van der Waals surface area contributed by atoms with Crippen LogP contribution in [0.25, 0.3) is 11.0 Å². The number of imidazole rings is 1. The van der Waals surface area contributed by atoms with E-state index in [1.165, 1.54) is 0 Å². The summed E-state index contributed by atoms with van der Waals surface area (Å²) in [5.74, 6) is 2.82. The molecule has 3 rings (SSSR count). The fourth-order valence-electron chi connectivity index (χ4n) is 3.19. The monoisotopic (exact) mass is 507 g/mol. The van der Waals surface area contributed by atoms with Crippen molar-refractivity contribution in [1.29, 1.82) is 0 Å². The molecular formula is C22H30IN5O. The number of H-pyrrole nitrogens is 1. The van der Waals surface area contributed by atoms with Crippen LogP contribution >= 0.6 is 24.0 Å². The Hall–Kier alpha value is -2.29. The third-order valence-electron chi connectivity index (χ3n) is 4.57. The molecule has 0 amide bonds. The second kappa shape index (κ2) is 11.6. The molecule has 0 unspecified atom stereocenters. The van der Waals surface area contributed by atoms with Crippen molar-refractivity contribution in [2.45, 2.75) is 26.3 Å². The van der Waals surface area contributed by atoms with Gasteiger partial charge in [0.1, 0.15) is 11.6 Å². The topological polar surface area (TPSA) is 65.5 Å². The first-order valence-electron chi connectivity index (χ1n) is 9.76. The lowest BCUT2D eigenvalue weighted by molar-refractivity contribution is 0.396. The fraction of sp³-hybridized carbons (Fsp3) is 0.364. The highest BCUT2D eigenvalue weighted by Gasteiger charge is 2.10. The number of para-hydroxylation sites is 3. The van der Waals surface area contributed by atoms with E-state index in [-0.39, 0.29) is 24.0 Å². The van der Waals surface area contributed by atoms with Crippen molar-refractivity contribution in [3.8, 4) is 5.75 Å². The van der Waals surface area contributed by atoms with Crippen LogP contribution in [0.5, 0.6) is 5.75 Å². The SMILES string of the molecule is CCNC(=NCCCc1nc2ccccc2[nH]1)N(C)Cc1ccccc1OC.I.